The van der Waals surface area contributed by atoms with Gasteiger partial charge in [-0.2, -0.15) is 0 Å². The standard InChI is InChI=1S/C20H23BrN2O4/c1-3-4-11-26-18-10-7-15(21)12-17(18)20(25)23-22-19(24)13-27-16-8-5-14(2)6-9-16/h5-10,12H,3-4,11,13H2,1-2H3,(H,22,24)(H,23,25). The summed E-state index contributed by atoms with van der Waals surface area (Å²) < 4.78 is 11.8. The van der Waals surface area contributed by atoms with Gasteiger partial charge in [-0.3, -0.25) is 20.4 Å². The van der Waals surface area contributed by atoms with Gasteiger partial charge in [-0.25, -0.2) is 0 Å². The van der Waals surface area contributed by atoms with Crippen LogP contribution in [-0.4, -0.2) is 25.0 Å². The van der Waals surface area contributed by atoms with E-state index in [2.05, 4.69) is 33.7 Å². The van der Waals surface area contributed by atoms with Gasteiger partial charge < -0.3 is 9.47 Å². The van der Waals surface area contributed by atoms with Crippen LogP contribution in [-0.2, 0) is 4.79 Å². The molecule has 0 fully saturated rings. The molecule has 0 saturated heterocycles. The van der Waals surface area contributed by atoms with Gasteiger partial charge in [0.1, 0.15) is 11.5 Å². The Kier molecular flexibility index (Phi) is 8.13. The molecule has 7 heteroatoms. The number of halogens is 1. The summed E-state index contributed by atoms with van der Waals surface area (Å²) in [6, 6.07) is 12.5. The Bertz CT molecular complexity index is 778. The van der Waals surface area contributed by atoms with Crippen LogP contribution in [0.5, 0.6) is 11.5 Å². The number of unbranched alkanes of at least 4 members (excludes halogenated alkanes) is 1. The van der Waals surface area contributed by atoms with Gasteiger partial charge in [0.2, 0.25) is 0 Å². The first-order valence-corrected chi connectivity index (χ1v) is 9.50. The molecule has 0 atom stereocenters. The number of hydrazine groups is 1. The fraction of sp³-hybridized carbons (Fsp3) is 0.300. The third-order valence-electron chi connectivity index (χ3n) is 3.65. The Hall–Kier alpha value is -2.54. The zero-order chi connectivity index (χ0) is 19.6. The van der Waals surface area contributed by atoms with Crippen LogP contribution in [0, 0.1) is 6.92 Å². The van der Waals surface area contributed by atoms with E-state index in [9.17, 15) is 9.59 Å². The van der Waals surface area contributed by atoms with E-state index >= 15 is 0 Å². The molecule has 2 aromatic carbocycles. The maximum atomic E-state index is 12.4. The van der Waals surface area contributed by atoms with Crippen LogP contribution >= 0.6 is 15.9 Å². The minimum atomic E-state index is -0.466. The lowest BCUT2D eigenvalue weighted by atomic mass is 10.2. The maximum absolute atomic E-state index is 12.4. The summed E-state index contributed by atoms with van der Waals surface area (Å²) in [4.78, 5) is 24.3. The summed E-state index contributed by atoms with van der Waals surface area (Å²) in [5.74, 6) is 0.119. The minimum absolute atomic E-state index is 0.207. The normalized spacial score (nSPS) is 10.2. The molecule has 144 valence electrons. The third-order valence-corrected chi connectivity index (χ3v) is 4.14. The molecule has 0 saturated carbocycles. The molecule has 0 aliphatic carbocycles. The fourth-order valence-electron chi connectivity index (χ4n) is 2.15. The van der Waals surface area contributed by atoms with Crippen LogP contribution in [0.15, 0.2) is 46.9 Å². The highest BCUT2D eigenvalue weighted by Gasteiger charge is 2.14. The zero-order valence-electron chi connectivity index (χ0n) is 15.4. The van der Waals surface area contributed by atoms with Gasteiger partial charge in [0, 0.05) is 4.47 Å². The molecule has 0 spiro atoms. The molecule has 2 N–H and O–H groups in total. The molecule has 27 heavy (non-hydrogen) atoms. The number of hydrogen-bond acceptors (Lipinski definition) is 4. The van der Waals surface area contributed by atoms with Crippen molar-refractivity contribution < 1.29 is 19.1 Å². The van der Waals surface area contributed by atoms with Gasteiger partial charge in [-0.15, -0.1) is 0 Å². The number of amides is 2. The van der Waals surface area contributed by atoms with E-state index in [0.717, 1.165) is 22.9 Å². The minimum Gasteiger partial charge on any atom is -0.493 e. The molecular formula is C20H23BrN2O4. The van der Waals surface area contributed by atoms with Crippen molar-refractivity contribution in [2.24, 2.45) is 0 Å². The van der Waals surface area contributed by atoms with Crippen LogP contribution in [0.2, 0.25) is 0 Å². The number of nitrogens with one attached hydrogen (secondary N) is 2. The van der Waals surface area contributed by atoms with E-state index in [0.29, 0.717) is 23.7 Å². The van der Waals surface area contributed by atoms with Crippen molar-refractivity contribution in [3.8, 4) is 11.5 Å². The molecule has 0 radical (unpaired) electrons. The summed E-state index contributed by atoms with van der Waals surface area (Å²) in [5, 5.41) is 0. The average Bonchev–Trinajstić information content (AvgIpc) is 2.67. The van der Waals surface area contributed by atoms with E-state index in [-0.39, 0.29) is 6.61 Å². The first-order valence-electron chi connectivity index (χ1n) is 8.70. The second kappa shape index (κ2) is 10.6. The van der Waals surface area contributed by atoms with E-state index in [1.807, 2.05) is 19.1 Å². The molecular weight excluding hydrogens is 412 g/mol. The van der Waals surface area contributed by atoms with E-state index < -0.39 is 11.8 Å². The number of benzene rings is 2. The Labute approximate surface area is 167 Å². The molecule has 0 aromatic heterocycles. The maximum Gasteiger partial charge on any atom is 0.276 e. The largest absolute Gasteiger partial charge is 0.493 e. The number of aryl methyl sites for hydroxylation is 1. The van der Waals surface area contributed by atoms with Gasteiger partial charge in [0.05, 0.1) is 12.2 Å². The Morgan fingerprint density at radius 2 is 1.78 bits per heavy atom. The molecule has 2 aromatic rings. The first-order chi connectivity index (χ1) is 13.0. The smallest absolute Gasteiger partial charge is 0.276 e. The summed E-state index contributed by atoms with van der Waals surface area (Å²) in [7, 11) is 0. The van der Waals surface area contributed by atoms with Crippen LogP contribution in [0.3, 0.4) is 0 Å². The second-order valence-corrected chi connectivity index (χ2v) is 6.86. The molecule has 0 aliphatic heterocycles. The summed E-state index contributed by atoms with van der Waals surface area (Å²) in [6.07, 6.45) is 1.89. The monoisotopic (exact) mass is 434 g/mol. The summed E-state index contributed by atoms with van der Waals surface area (Å²) in [6.45, 7) is 4.35. The van der Waals surface area contributed by atoms with Gasteiger partial charge in [0.15, 0.2) is 6.61 Å². The molecule has 0 unspecified atom stereocenters. The van der Waals surface area contributed by atoms with E-state index in [4.69, 9.17) is 9.47 Å². The number of hydrogen-bond donors (Lipinski definition) is 2. The fourth-order valence-corrected chi connectivity index (χ4v) is 2.51. The molecule has 2 amide bonds. The average molecular weight is 435 g/mol. The summed E-state index contributed by atoms with van der Waals surface area (Å²) >= 11 is 3.34. The van der Waals surface area contributed by atoms with Crippen molar-refractivity contribution >= 4 is 27.7 Å². The second-order valence-electron chi connectivity index (χ2n) is 5.95. The van der Waals surface area contributed by atoms with Crippen LogP contribution in [0.4, 0.5) is 0 Å². The number of carbonyl (C=O) groups excluding carboxylic acids is 2. The highest BCUT2D eigenvalue weighted by Crippen LogP contribution is 2.23. The Morgan fingerprint density at radius 1 is 1.04 bits per heavy atom. The van der Waals surface area contributed by atoms with Crippen molar-refractivity contribution in [3.63, 3.8) is 0 Å². The summed E-state index contributed by atoms with van der Waals surface area (Å²) in [5.41, 5.74) is 6.16. The Balaban J connectivity index is 1.87. The zero-order valence-corrected chi connectivity index (χ0v) is 17.0. The van der Waals surface area contributed by atoms with Gasteiger partial charge in [0.25, 0.3) is 11.8 Å². The highest BCUT2D eigenvalue weighted by molar-refractivity contribution is 9.10. The first kappa shape index (κ1) is 20.8. The van der Waals surface area contributed by atoms with E-state index in [1.54, 1.807) is 30.3 Å². The van der Waals surface area contributed by atoms with Crippen molar-refractivity contribution in [1.29, 1.82) is 0 Å². The number of carbonyl (C=O) groups is 2. The Morgan fingerprint density at radius 3 is 2.48 bits per heavy atom. The van der Waals surface area contributed by atoms with Crippen LogP contribution in [0.25, 0.3) is 0 Å². The topological polar surface area (TPSA) is 76.7 Å². The molecule has 0 bridgehead atoms. The highest BCUT2D eigenvalue weighted by atomic mass is 79.9. The van der Waals surface area contributed by atoms with Crippen molar-refractivity contribution in [1.82, 2.24) is 10.9 Å². The van der Waals surface area contributed by atoms with E-state index in [1.165, 1.54) is 0 Å². The third kappa shape index (κ3) is 6.94. The van der Waals surface area contributed by atoms with Crippen LogP contribution < -0.4 is 20.3 Å². The van der Waals surface area contributed by atoms with Crippen LogP contribution in [0.1, 0.15) is 35.7 Å². The lowest BCUT2D eigenvalue weighted by Crippen LogP contribution is -2.44. The lowest BCUT2D eigenvalue weighted by molar-refractivity contribution is -0.123. The lowest BCUT2D eigenvalue weighted by Gasteiger charge is -2.13. The predicted octanol–water partition coefficient (Wildman–Crippen LogP) is 3.78. The molecule has 2 rings (SSSR count). The number of ether oxygens (including phenoxy) is 2. The van der Waals surface area contributed by atoms with Gasteiger partial charge in [-0.1, -0.05) is 47.0 Å². The van der Waals surface area contributed by atoms with Gasteiger partial charge >= 0.3 is 0 Å². The molecule has 0 aliphatic rings. The number of rotatable bonds is 8. The molecule has 6 nitrogen and oxygen atoms in total. The predicted molar refractivity (Wildman–Crippen MR) is 107 cm³/mol. The molecule has 0 heterocycles. The van der Waals surface area contributed by atoms with Crippen molar-refractivity contribution in [3.05, 3.63) is 58.1 Å². The SMILES string of the molecule is CCCCOc1ccc(Br)cc1C(=O)NNC(=O)COc1ccc(C)cc1. The van der Waals surface area contributed by atoms with Crippen molar-refractivity contribution in [2.75, 3.05) is 13.2 Å². The van der Waals surface area contributed by atoms with Gasteiger partial charge in [-0.05, 0) is 43.7 Å². The quantitative estimate of drug-likeness (QED) is 0.489. The van der Waals surface area contributed by atoms with Crippen molar-refractivity contribution in [2.45, 2.75) is 26.7 Å².